The maximum Gasteiger partial charge on any atom is 0.410 e. The lowest BCUT2D eigenvalue weighted by Gasteiger charge is -2.25. The molecule has 3 nitrogen and oxygen atoms in total. The van der Waals surface area contributed by atoms with Gasteiger partial charge in [0.05, 0.1) is 0 Å². The molecule has 0 aliphatic heterocycles. The van der Waals surface area contributed by atoms with Gasteiger partial charge in [0.1, 0.15) is 5.60 Å². The number of hydrogen-bond acceptors (Lipinski definition) is 2. The normalized spacial score (nSPS) is 13.1. The second-order valence-corrected chi connectivity index (χ2v) is 5.32. The van der Waals surface area contributed by atoms with Gasteiger partial charge in [-0.25, -0.2) is 4.79 Å². The Kier molecular flexibility index (Phi) is 6.16. The van der Waals surface area contributed by atoms with Gasteiger partial charge in [-0.2, -0.15) is 0 Å². The molecular formula is C13H25NO2. The molecule has 1 unspecified atom stereocenters. The predicted molar refractivity (Wildman–Crippen MR) is 67.5 cm³/mol. The standard InChI is InChI=1S/C13H25NO2/c1-7-8-11(2)9-10-14(6)12(15)16-13(3,4)5/h7,11H,1,8-10H2,2-6H3. The largest absolute Gasteiger partial charge is 0.444 e. The smallest absolute Gasteiger partial charge is 0.410 e. The van der Waals surface area contributed by atoms with Gasteiger partial charge in [0.15, 0.2) is 0 Å². The summed E-state index contributed by atoms with van der Waals surface area (Å²) in [7, 11) is 1.77. The van der Waals surface area contributed by atoms with E-state index in [2.05, 4.69) is 13.5 Å². The van der Waals surface area contributed by atoms with E-state index in [1.165, 1.54) is 0 Å². The van der Waals surface area contributed by atoms with Crippen LogP contribution in [0.15, 0.2) is 12.7 Å². The van der Waals surface area contributed by atoms with Crippen LogP contribution in [0.5, 0.6) is 0 Å². The molecule has 0 heterocycles. The highest BCUT2D eigenvalue weighted by Gasteiger charge is 2.19. The van der Waals surface area contributed by atoms with Crippen LogP contribution in [0, 0.1) is 5.92 Å². The van der Waals surface area contributed by atoms with E-state index in [1.807, 2.05) is 26.8 Å². The lowest BCUT2D eigenvalue weighted by molar-refractivity contribution is 0.0291. The number of rotatable bonds is 5. The van der Waals surface area contributed by atoms with Gasteiger partial charge in [-0.3, -0.25) is 0 Å². The van der Waals surface area contributed by atoms with Crippen molar-refractivity contribution < 1.29 is 9.53 Å². The summed E-state index contributed by atoms with van der Waals surface area (Å²) in [5.74, 6) is 0.558. The minimum Gasteiger partial charge on any atom is -0.444 e. The third kappa shape index (κ3) is 7.32. The zero-order valence-corrected chi connectivity index (χ0v) is 11.2. The zero-order valence-electron chi connectivity index (χ0n) is 11.2. The average Bonchev–Trinajstić information content (AvgIpc) is 2.11. The Hall–Kier alpha value is -0.990. The van der Waals surface area contributed by atoms with Crippen LogP contribution in [-0.2, 0) is 4.74 Å². The van der Waals surface area contributed by atoms with E-state index in [1.54, 1.807) is 11.9 Å². The maximum atomic E-state index is 11.6. The van der Waals surface area contributed by atoms with E-state index in [4.69, 9.17) is 4.74 Å². The van der Waals surface area contributed by atoms with Crippen molar-refractivity contribution in [3.63, 3.8) is 0 Å². The molecule has 0 radical (unpaired) electrons. The molecule has 0 N–H and O–H groups in total. The zero-order chi connectivity index (χ0) is 12.8. The molecule has 0 fully saturated rings. The quantitative estimate of drug-likeness (QED) is 0.673. The SMILES string of the molecule is C=CCC(C)CCN(C)C(=O)OC(C)(C)C. The summed E-state index contributed by atoms with van der Waals surface area (Å²) in [6.07, 6.45) is 3.63. The first-order valence-corrected chi connectivity index (χ1v) is 5.81. The molecule has 94 valence electrons. The van der Waals surface area contributed by atoms with Crippen molar-refractivity contribution in [2.24, 2.45) is 5.92 Å². The van der Waals surface area contributed by atoms with Gasteiger partial charge in [-0.1, -0.05) is 13.0 Å². The highest BCUT2D eigenvalue weighted by Crippen LogP contribution is 2.12. The molecule has 16 heavy (non-hydrogen) atoms. The lowest BCUT2D eigenvalue weighted by Crippen LogP contribution is -2.35. The minimum absolute atomic E-state index is 0.252. The van der Waals surface area contributed by atoms with Gasteiger partial charge in [0.2, 0.25) is 0 Å². The number of allylic oxidation sites excluding steroid dienone is 1. The van der Waals surface area contributed by atoms with Crippen molar-refractivity contribution >= 4 is 6.09 Å². The van der Waals surface area contributed by atoms with Gasteiger partial charge >= 0.3 is 6.09 Å². The van der Waals surface area contributed by atoms with Crippen LogP contribution in [0.2, 0.25) is 0 Å². The lowest BCUT2D eigenvalue weighted by atomic mass is 10.0. The van der Waals surface area contributed by atoms with Crippen molar-refractivity contribution in [3.05, 3.63) is 12.7 Å². The molecule has 0 aliphatic carbocycles. The Bertz CT molecular complexity index is 231. The fourth-order valence-electron chi connectivity index (χ4n) is 1.25. The molecule has 0 rings (SSSR count). The molecule has 0 saturated heterocycles. The number of carbonyl (C=O) groups is 1. The summed E-state index contributed by atoms with van der Waals surface area (Å²) in [6, 6.07) is 0. The third-order valence-corrected chi connectivity index (χ3v) is 2.23. The Balaban J connectivity index is 3.92. The number of nitrogens with zero attached hydrogens (tertiary/aromatic N) is 1. The molecule has 1 atom stereocenters. The molecule has 0 aromatic rings. The van der Waals surface area contributed by atoms with Crippen molar-refractivity contribution in [3.8, 4) is 0 Å². The molecule has 0 saturated carbocycles. The van der Waals surface area contributed by atoms with Crippen molar-refractivity contribution in [1.82, 2.24) is 4.90 Å². The second-order valence-electron chi connectivity index (χ2n) is 5.32. The Morgan fingerprint density at radius 3 is 2.50 bits per heavy atom. The van der Waals surface area contributed by atoms with Crippen molar-refractivity contribution in [2.75, 3.05) is 13.6 Å². The van der Waals surface area contributed by atoms with E-state index in [0.717, 1.165) is 19.4 Å². The number of amides is 1. The molecule has 3 heteroatoms. The van der Waals surface area contributed by atoms with Gasteiger partial charge in [0, 0.05) is 13.6 Å². The Morgan fingerprint density at radius 1 is 1.50 bits per heavy atom. The van der Waals surface area contributed by atoms with E-state index in [0.29, 0.717) is 5.92 Å². The topological polar surface area (TPSA) is 29.5 Å². The Labute approximate surface area is 99.5 Å². The van der Waals surface area contributed by atoms with E-state index < -0.39 is 5.60 Å². The fourth-order valence-corrected chi connectivity index (χ4v) is 1.25. The van der Waals surface area contributed by atoms with E-state index in [-0.39, 0.29) is 6.09 Å². The van der Waals surface area contributed by atoms with Crippen molar-refractivity contribution in [1.29, 1.82) is 0 Å². The van der Waals surface area contributed by atoms with Crippen LogP contribution < -0.4 is 0 Å². The molecule has 0 aliphatic rings. The molecule has 0 spiro atoms. The number of hydrogen-bond donors (Lipinski definition) is 0. The molecule has 1 amide bonds. The molecule has 0 bridgehead atoms. The highest BCUT2D eigenvalue weighted by molar-refractivity contribution is 5.67. The molecule has 0 aromatic heterocycles. The average molecular weight is 227 g/mol. The maximum absolute atomic E-state index is 11.6. The summed E-state index contributed by atoms with van der Waals surface area (Å²) in [5, 5.41) is 0. The fraction of sp³-hybridized carbons (Fsp3) is 0.769. The summed E-state index contributed by atoms with van der Waals surface area (Å²) in [6.45, 7) is 12.2. The molecule has 0 aromatic carbocycles. The number of ether oxygens (including phenoxy) is 1. The van der Waals surface area contributed by atoms with Crippen LogP contribution in [0.25, 0.3) is 0 Å². The summed E-state index contributed by atoms with van der Waals surface area (Å²) in [4.78, 5) is 13.2. The highest BCUT2D eigenvalue weighted by atomic mass is 16.6. The van der Waals surface area contributed by atoms with Crippen LogP contribution in [-0.4, -0.2) is 30.2 Å². The van der Waals surface area contributed by atoms with Gasteiger partial charge in [-0.15, -0.1) is 6.58 Å². The first-order valence-electron chi connectivity index (χ1n) is 5.81. The summed E-state index contributed by atoms with van der Waals surface area (Å²) in [5.41, 5.74) is -0.419. The molecular weight excluding hydrogens is 202 g/mol. The summed E-state index contributed by atoms with van der Waals surface area (Å²) < 4.78 is 5.26. The second kappa shape index (κ2) is 6.56. The summed E-state index contributed by atoms with van der Waals surface area (Å²) >= 11 is 0. The van der Waals surface area contributed by atoms with E-state index >= 15 is 0 Å². The minimum atomic E-state index is -0.419. The van der Waals surface area contributed by atoms with Gasteiger partial charge in [-0.05, 0) is 39.5 Å². The van der Waals surface area contributed by atoms with E-state index in [9.17, 15) is 4.79 Å². The number of carbonyl (C=O) groups excluding carboxylic acids is 1. The van der Waals surface area contributed by atoms with Crippen LogP contribution in [0.1, 0.15) is 40.5 Å². The van der Waals surface area contributed by atoms with Crippen LogP contribution in [0.4, 0.5) is 4.79 Å². The first kappa shape index (κ1) is 15.0. The van der Waals surface area contributed by atoms with Crippen LogP contribution in [0.3, 0.4) is 0 Å². The first-order chi connectivity index (χ1) is 7.26. The monoisotopic (exact) mass is 227 g/mol. The third-order valence-electron chi connectivity index (χ3n) is 2.23. The predicted octanol–water partition coefficient (Wildman–Crippen LogP) is 3.46. The van der Waals surface area contributed by atoms with Crippen molar-refractivity contribution in [2.45, 2.75) is 46.1 Å². The van der Waals surface area contributed by atoms with Crippen LogP contribution >= 0.6 is 0 Å². The van der Waals surface area contributed by atoms with Gasteiger partial charge < -0.3 is 9.64 Å². The van der Waals surface area contributed by atoms with Gasteiger partial charge in [0.25, 0.3) is 0 Å². The Morgan fingerprint density at radius 2 is 2.06 bits per heavy atom.